The summed E-state index contributed by atoms with van der Waals surface area (Å²) in [5.74, 6) is 0.491. The van der Waals surface area contributed by atoms with E-state index in [-0.39, 0.29) is 11.9 Å². The van der Waals surface area contributed by atoms with Crippen LogP contribution in [0.25, 0.3) is 0 Å². The quantitative estimate of drug-likeness (QED) is 0.822. The molecule has 140 valence electrons. The van der Waals surface area contributed by atoms with Gasteiger partial charge in [-0.05, 0) is 37.8 Å². The van der Waals surface area contributed by atoms with Gasteiger partial charge in [0, 0.05) is 12.2 Å². The van der Waals surface area contributed by atoms with E-state index in [1.54, 1.807) is 12.1 Å². The van der Waals surface area contributed by atoms with Gasteiger partial charge in [0.05, 0.1) is 18.2 Å². The number of aromatic nitrogens is 3. The number of nitrogens with two attached hydrogens (primary N) is 1. The van der Waals surface area contributed by atoms with Crippen molar-refractivity contribution in [1.29, 1.82) is 0 Å². The van der Waals surface area contributed by atoms with Crippen molar-refractivity contribution in [3.8, 4) is 5.75 Å². The molecule has 6 heteroatoms. The number of hydrogen-bond acceptors (Lipinski definition) is 5. The maximum atomic E-state index is 13.0. The molecule has 2 N–H and O–H groups in total. The summed E-state index contributed by atoms with van der Waals surface area (Å²) >= 11 is 0. The molecule has 1 aliphatic carbocycles. The number of carbonyl (C=O) groups excluding carboxylic acids is 1. The van der Waals surface area contributed by atoms with E-state index in [0.717, 1.165) is 5.69 Å². The molecular formula is C20H28N4O2. The van der Waals surface area contributed by atoms with Gasteiger partial charge in [0.2, 0.25) is 0 Å². The Morgan fingerprint density at radius 1 is 1.27 bits per heavy atom. The number of anilines is 1. The summed E-state index contributed by atoms with van der Waals surface area (Å²) in [5.41, 5.74) is 5.52. The first kappa shape index (κ1) is 18.4. The van der Waals surface area contributed by atoms with E-state index in [4.69, 9.17) is 10.5 Å². The van der Waals surface area contributed by atoms with E-state index >= 15 is 0 Å². The van der Waals surface area contributed by atoms with Gasteiger partial charge in [0.15, 0.2) is 0 Å². The summed E-state index contributed by atoms with van der Waals surface area (Å²) in [4.78, 5) is 21.6. The van der Waals surface area contributed by atoms with Crippen molar-refractivity contribution in [2.75, 3.05) is 5.73 Å². The number of carbonyl (C=O) groups is 1. The number of esters is 1. The Morgan fingerprint density at radius 3 is 2.62 bits per heavy atom. The number of nitrogen functional groups attached to an aromatic ring is 1. The first-order valence-corrected chi connectivity index (χ1v) is 9.39. The molecule has 2 aromatic heterocycles. The molecular weight excluding hydrogens is 328 g/mol. The van der Waals surface area contributed by atoms with E-state index in [0.29, 0.717) is 17.6 Å². The lowest BCUT2D eigenvalue weighted by Gasteiger charge is -2.29. The van der Waals surface area contributed by atoms with E-state index in [1.807, 2.05) is 33.3 Å². The predicted molar refractivity (Wildman–Crippen MR) is 101 cm³/mol. The Hall–Kier alpha value is -2.37. The number of pyridine rings is 1. The smallest absolute Gasteiger partial charge is 0.323 e. The van der Waals surface area contributed by atoms with Crippen molar-refractivity contribution in [1.82, 2.24) is 14.5 Å². The van der Waals surface area contributed by atoms with Crippen molar-refractivity contribution >= 4 is 11.8 Å². The fourth-order valence-corrected chi connectivity index (χ4v) is 3.48. The lowest BCUT2D eigenvalue weighted by atomic mass is 9.76. The van der Waals surface area contributed by atoms with Crippen LogP contribution < -0.4 is 10.5 Å². The average molecular weight is 356 g/mol. The topological polar surface area (TPSA) is 83.0 Å². The van der Waals surface area contributed by atoms with E-state index in [9.17, 15) is 4.79 Å². The van der Waals surface area contributed by atoms with Gasteiger partial charge >= 0.3 is 5.97 Å². The normalized spacial score (nSPS) is 17.8. The molecule has 0 spiro atoms. The first-order chi connectivity index (χ1) is 12.4. The van der Waals surface area contributed by atoms with Crippen molar-refractivity contribution < 1.29 is 9.53 Å². The van der Waals surface area contributed by atoms with E-state index in [1.165, 1.54) is 38.3 Å². The molecule has 0 aromatic carbocycles. The third kappa shape index (κ3) is 3.59. The second-order valence-electron chi connectivity index (χ2n) is 7.66. The number of ether oxygens (including phenoxy) is 1. The van der Waals surface area contributed by atoms with Gasteiger partial charge < -0.3 is 15.0 Å². The molecule has 0 radical (unpaired) electrons. The molecule has 0 saturated heterocycles. The van der Waals surface area contributed by atoms with E-state index in [2.05, 4.69) is 14.5 Å². The van der Waals surface area contributed by atoms with Crippen molar-refractivity contribution in [3.63, 3.8) is 0 Å². The van der Waals surface area contributed by atoms with Gasteiger partial charge in [0.25, 0.3) is 0 Å². The molecule has 0 amide bonds. The molecule has 6 nitrogen and oxygen atoms in total. The van der Waals surface area contributed by atoms with Gasteiger partial charge in [-0.2, -0.15) is 0 Å². The lowest BCUT2D eigenvalue weighted by molar-refractivity contribution is -0.142. The Labute approximate surface area is 154 Å². The second-order valence-corrected chi connectivity index (χ2v) is 7.66. The second kappa shape index (κ2) is 7.48. The van der Waals surface area contributed by atoms with Crippen LogP contribution >= 0.6 is 0 Å². The zero-order valence-electron chi connectivity index (χ0n) is 15.8. The minimum atomic E-state index is -0.832. The van der Waals surface area contributed by atoms with Crippen LogP contribution in [0, 0.1) is 5.92 Å². The minimum absolute atomic E-state index is 0.0337. The molecule has 0 aliphatic heterocycles. The van der Waals surface area contributed by atoms with Crippen molar-refractivity contribution in [2.45, 2.75) is 64.3 Å². The Kier molecular flexibility index (Phi) is 5.30. The predicted octanol–water partition coefficient (Wildman–Crippen LogP) is 3.88. The van der Waals surface area contributed by atoms with E-state index < -0.39 is 5.41 Å². The van der Waals surface area contributed by atoms with Gasteiger partial charge in [-0.1, -0.05) is 33.1 Å². The van der Waals surface area contributed by atoms with Gasteiger partial charge in [-0.15, -0.1) is 0 Å². The zero-order chi connectivity index (χ0) is 18.7. The third-order valence-electron chi connectivity index (χ3n) is 5.68. The maximum absolute atomic E-state index is 13.0. The molecule has 1 aliphatic rings. The maximum Gasteiger partial charge on any atom is 0.323 e. The number of rotatable bonds is 5. The van der Waals surface area contributed by atoms with Gasteiger partial charge in [0.1, 0.15) is 17.0 Å². The molecule has 0 bridgehead atoms. The standard InChI is InChI=1S/C20H28N4O2/c1-14(2)20(3,19(25)26-16-9-10-18(21)22-11-16)17-12-24(13-23-17)15-7-5-4-6-8-15/h9-15H,4-8H2,1-3H3,(H2,21,22). The highest BCUT2D eigenvalue weighted by molar-refractivity contribution is 5.84. The summed E-state index contributed by atoms with van der Waals surface area (Å²) < 4.78 is 7.77. The molecule has 1 unspecified atom stereocenters. The lowest BCUT2D eigenvalue weighted by Crippen LogP contribution is -2.41. The summed E-state index contributed by atoms with van der Waals surface area (Å²) in [6.07, 6.45) is 11.5. The van der Waals surface area contributed by atoms with Crippen molar-refractivity contribution in [3.05, 3.63) is 36.5 Å². The molecule has 2 heterocycles. The number of imidazole rings is 1. The Morgan fingerprint density at radius 2 is 2.00 bits per heavy atom. The van der Waals surface area contributed by atoms with Crippen LogP contribution in [0.2, 0.25) is 0 Å². The van der Waals surface area contributed by atoms with Crippen LogP contribution in [0.15, 0.2) is 30.9 Å². The van der Waals surface area contributed by atoms with Crippen LogP contribution in [-0.2, 0) is 10.2 Å². The van der Waals surface area contributed by atoms with Gasteiger partial charge in [-0.25, -0.2) is 9.97 Å². The molecule has 1 fully saturated rings. The monoisotopic (exact) mass is 356 g/mol. The fraction of sp³-hybridized carbons (Fsp3) is 0.550. The summed E-state index contributed by atoms with van der Waals surface area (Å²) in [6, 6.07) is 3.76. The van der Waals surface area contributed by atoms with Crippen LogP contribution in [0.5, 0.6) is 5.75 Å². The SMILES string of the molecule is CC(C)C(C)(C(=O)Oc1ccc(N)nc1)c1cn(C2CCCCC2)cn1. The third-order valence-corrected chi connectivity index (χ3v) is 5.68. The minimum Gasteiger partial charge on any atom is -0.424 e. The molecule has 26 heavy (non-hydrogen) atoms. The van der Waals surface area contributed by atoms with Crippen LogP contribution in [-0.4, -0.2) is 20.5 Å². The Balaban J connectivity index is 1.83. The fourth-order valence-electron chi connectivity index (χ4n) is 3.48. The number of nitrogens with zero attached hydrogens (tertiary/aromatic N) is 3. The van der Waals surface area contributed by atoms with Crippen LogP contribution in [0.3, 0.4) is 0 Å². The molecule has 3 rings (SSSR count). The van der Waals surface area contributed by atoms with Crippen LogP contribution in [0.1, 0.15) is 64.6 Å². The van der Waals surface area contributed by atoms with Crippen LogP contribution in [0.4, 0.5) is 5.82 Å². The zero-order valence-corrected chi connectivity index (χ0v) is 15.8. The molecule has 1 atom stereocenters. The summed E-state index contributed by atoms with van der Waals surface area (Å²) in [6.45, 7) is 5.93. The highest BCUT2D eigenvalue weighted by Crippen LogP contribution is 2.35. The highest BCUT2D eigenvalue weighted by Gasteiger charge is 2.42. The Bertz CT molecular complexity index is 747. The molecule has 2 aromatic rings. The highest BCUT2D eigenvalue weighted by atomic mass is 16.5. The molecule has 1 saturated carbocycles. The number of hydrogen-bond donors (Lipinski definition) is 1. The van der Waals surface area contributed by atoms with Gasteiger partial charge in [-0.3, -0.25) is 4.79 Å². The summed E-state index contributed by atoms with van der Waals surface area (Å²) in [5, 5.41) is 0. The summed E-state index contributed by atoms with van der Waals surface area (Å²) in [7, 11) is 0. The largest absolute Gasteiger partial charge is 0.424 e. The average Bonchev–Trinajstić information content (AvgIpc) is 3.14. The first-order valence-electron chi connectivity index (χ1n) is 9.39. The van der Waals surface area contributed by atoms with Crippen molar-refractivity contribution in [2.24, 2.45) is 5.92 Å².